The second kappa shape index (κ2) is 11.7. The molecule has 0 unspecified atom stereocenters. The number of benzene rings is 2. The molecule has 0 spiro atoms. The van der Waals surface area contributed by atoms with Gasteiger partial charge in [0.25, 0.3) is 0 Å². The van der Waals surface area contributed by atoms with Crippen LogP contribution in [-0.2, 0) is 14.6 Å². The van der Waals surface area contributed by atoms with E-state index >= 15 is 4.39 Å². The Balaban J connectivity index is 1.54. The van der Waals surface area contributed by atoms with Crippen LogP contribution in [0.15, 0.2) is 78.0 Å². The van der Waals surface area contributed by atoms with E-state index in [1.54, 1.807) is 55.7 Å². The molecule has 0 bridgehead atoms. The lowest BCUT2D eigenvalue weighted by Gasteiger charge is -2.28. The first-order valence-corrected chi connectivity index (χ1v) is 15.5. The topological polar surface area (TPSA) is 97.3 Å². The van der Waals surface area contributed by atoms with Crippen LogP contribution in [0.5, 0.6) is 0 Å². The molecule has 0 saturated carbocycles. The Morgan fingerprint density at radius 2 is 1.77 bits per heavy atom. The van der Waals surface area contributed by atoms with Crippen molar-refractivity contribution >= 4 is 37.9 Å². The average Bonchev–Trinajstić information content (AvgIpc) is 3.03. The molecule has 2 aromatic carbocycles. The maximum atomic E-state index is 15.5. The van der Waals surface area contributed by atoms with Crippen molar-refractivity contribution in [1.29, 1.82) is 0 Å². The monoisotopic (exact) mass is 601 g/mol. The van der Waals surface area contributed by atoms with E-state index < -0.39 is 21.5 Å². The second-order valence-electron chi connectivity index (χ2n) is 10.2. The molecule has 0 aliphatic carbocycles. The summed E-state index contributed by atoms with van der Waals surface area (Å²) in [5, 5.41) is 3.58. The van der Waals surface area contributed by atoms with Crippen molar-refractivity contribution in [3.63, 3.8) is 0 Å². The first-order chi connectivity index (χ1) is 20.7. The van der Waals surface area contributed by atoms with Gasteiger partial charge in [0.05, 0.1) is 57.5 Å². The summed E-state index contributed by atoms with van der Waals surface area (Å²) in [6.07, 6.45) is 3.35. The summed E-state index contributed by atoms with van der Waals surface area (Å²) in [5.74, 6) is -0.791. The minimum atomic E-state index is -3.38. The number of ether oxygens (including phenoxy) is 1. The van der Waals surface area contributed by atoms with Crippen LogP contribution in [0.1, 0.15) is 12.5 Å². The van der Waals surface area contributed by atoms with Gasteiger partial charge in [-0.2, -0.15) is 0 Å². The number of pyridine rings is 3. The summed E-state index contributed by atoms with van der Waals surface area (Å²) < 4.78 is 60.2. The van der Waals surface area contributed by atoms with Gasteiger partial charge < -0.3 is 15.0 Å². The molecule has 8 nitrogen and oxygen atoms in total. The Morgan fingerprint density at radius 3 is 2.47 bits per heavy atom. The molecular weight excluding hydrogens is 572 g/mol. The maximum Gasteiger partial charge on any atom is 0.178 e. The summed E-state index contributed by atoms with van der Waals surface area (Å²) in [5.41, 5.74) is 4.21. The van der Waals surface area contributed by atoms with Gasteiger partial charge >= 0.3 is 0 Å². The number of halogens is 2. The fraction of sp³-hybridized carbons (Fsp3) is 0.219. The SMILES string of the molecule is CCS(=O)(=O)c1ccc(-c2cnc(N3CCOCC3)cc2Nc2c(C)c(-c3ccccn3)nc3cc(F)cc(F)c23)cc1. The van der Waals surface area contributed by atoms with Crippen LogP contribution in [0.3, 0.4) is 0 Å². The predicted octanol–water partition coefficient (Wildman–Crippen LogP) is 6.32. The summed E-state index contributed by atoms with van der Waals surface area (Å²) in [4.78, 5) is 16.1. The molecule has 5 aromatic rings. The van der Waals surface area contributed by atoms with Crippen LogP contribution in [0.4, 0.5) is 26.0 Å². The smallest absolute Gasteiger partial charge is 0.178 e. The van der Waals surface area contributed by atoms with Crippen molar-refractivity contribution in [3.8, 4) is 22.5 Å². The van der Waals surface area contributed by atoms with Crippen molar-refractivity contribution in [2.24, 2.45) is 0 Å². The Kier molecular flexibility index (Phi) is 7.76. The van der Waals surface area contributed by atoms with Crippen molar-refractivity contribution in [2.75, 3.05) is 42.3 Å². The molecule has 0 amide bonds. The van der Waals surface area contributed by atoms with Gasteiger partial charge in [-0.1, -0.05) is 25.1 Å². The largest absolute Gasteiger partial charge is 0.378 e. The number of hydrogen-bond donors (Lipinski definition) is 1. The first kappa shape index (κ1) is 28.6. The number of hydrogen-bond acceptors (Lipinski definition) is 8. The van der Waals surface area contributed by atoms with Gasteiger partial charge in [0.15, 0.2) is 9.84 Å². The van der Waals surface area contributed by atoms with Crippen LogP contribution < -0.4 is 10.2 Å². The second-order valence-corrected chi connectivity index (χ2v) is 12.5. The van der Waals surface area contributed by atoms with Gasteiger partial charge in [-0.25, -0.2) is 27.2 Å². The quantitative estimate of drug-likeness (QED) is 0.232. The number of aromatic nitrogens is 3. The molecule has 1 N–H and O–H groups in total. The van der Waals surface area contributed by atoms with Crippen molar-refractivity contribution < 1.29 is 21.9 Å². The number of morpholine rings is 1. The minimum Gasteiger partial charge on any atom is -0.378 e. The molecule has 6 rings (SSSR count). The van der Waals surface area contributed by atoms with Gasteiger partial charge in [-0.3, -0.25) is 4.98 Å². The van der Waals surface area contributed by atoms with Gasteiger partial charge in [0.1, 0.15) is 17.5 Å². The number of fused-ring (bicyclic) bond motifs is 1. The van der Waals surface area contributed by atoms with E-state index in [2.05, 4.69) is 20.2 Å². The van der Waals surface area contributed by atoms with Crippen LogP contribution in [0.2, 0.25) is 0 Å². The molecule has 4 heterocycles. The Morgan fingerprint density at radius 1 is 1.00 bits per heavy atom. The highest BCUT2D eigenvalue weighted by Gasteiger charge is 2.22. The van der Waals surface area contributed by atoms with Crippen molar-refractivity contribution in [1.82, 2.24) is 15.0 Å². The number of nitrogens with one attached hydrogen (secondary N) is 1. The molecule has 0 radical (unpaired) electrons. The van der Waals surface area contributed by atoms with Gasteiger partial charge in [0.2, 0.25) is 0 Å². The highest BCUT2D eigenvalue weighted by atomic mass is 32.2. The summed E-state index contributed by atoms with van der Waals surface area (Å²) in [6, 6.07) is 15.9. The van der Waals surface area contributed by atoms with E-state index in [4.69, 9.17) is 9.72 Å². The van der Waals surface area contributed by atoms with E-state index in [9.17, 15) is 12.8 Å². The molecule has 1 aliphatic rings. The maximum absolute atomic E-state index is 15.5. The van der Waals surface area contributed by atoms with Crippen molar-refractivity contribution in [3.05, 3.63) is 90.3 Å². The Labute approximate surface area is 248 Å². The van der Waals surface area contributed by atoms with E-state index in [1.165, 1.54) is 6.07 Å². The molecule has 1 saturated heterocycles. The molecule has 11 heteroatoms. The standard InChI is InChI=1S/C32H29F2N5O3S/c1-3-43(40,41)23-9-7-21(8-10-23)24-19-36-29(39-12-14-42-15-13-39)18-27(24)37-32-20(2)31(26-6-4-5-11-35-26)38-28-17-22(33)16-25(34)30(28)32/h4-11,16-19H,3,12-15H2,1-2H3,(H,36,37,38). The number of nitrogens with zero attached hydrogens (tertiary/aromatic N) is 4. The molecule has 1 fully saturated rings. The van der Waals surface area contributed by atoms with E-state index in [1.807, 2.05) is 19.1 Å². The normalized spacial score (nSPS) is 13.8. The van der Waals surface area contributed by atoms with Gasteiger partial charge in [0, 0.05) is 54.8 Å². The van der Waals surface area contributed by atoms with E-state index in [-0.39, 0.29) is 21.6 Å². The highest BCUT2D eigenvalue weighted by Crippen LogP contribution is 2.40. The zero-order chi connectivity index (χ0) is 30.1. The lowest BCUT2D eigenvalue weighted by atomic mass is 10.0. The van der Waals surface area contributed by atoms with E-state index in [0.717, 1.165) is 6.07 Å². The predicted molar refractivity (Wildman–Crippen MR) is 163 cm³/mol. The molecular formula is C32H29F2N5O3S. The Bertz CT molecular complexity index is 1910. The lowest BCUT2D eigenvalue weighted by Crippen LogP contribution is -2.36. The van der Waals surface area contributed by atoms with Gasteiger partial charge in [-0.05, 0) is 36.8 Å². The lowest BCUT2D eigenvalue weighted by molar-refractivity contribution is 0.122. The van der Waals surface area contributed by atoms with Crippen LogP contribution >= 0.6 is 0 Å². The molecule has 43 heavy (non-hydrogen) atoms. The van der Waals surface area contributed by atoms with Crippen LogP contribution in [-0.4, -0.2) is 55.4 Å². The summed E-state index contributed by atoms with van der Waals surface area (Å²) >= 11 is 0. The zero-order valence-corrected chi connectivity index (χ0v) is 24.5. The Hall–Kier alpha value is -4.48. The zero-order valence-electron chi connectivity index (χ0n) is 23.6. The molecule has 0 atom stereocenters. The van der Waals surface area contributed by atoms with E-state index in [0.29, 0.717) is 71.6 Å². The fourth-order valence-corrected chi connectivity index (χ4v) is 6.08. The number of rotatable bonds is 7. The first-order valence-electron chi connectivity index (χ1n) is 13.9. The number of anilines is 3. The third kappa shape index (κ3) is 5.65. The minimum absolute atomic E-state index is 0.00584. The van der Waals surface area contributed by atoms with Crippen LogP contribution in [0, 0.1) is 18.6 Å². The third-order valence-electron chi connectivity index (χ3n) is 7.54. The summed E-state index contributed by atoms with van der Waals surface area (Å²) in [6.45, 7) is 5.87. The number of sulfone groups is 1. The molecule has 3 aromatic heterocycles. The summed E-state index contributed by atoms with van der Waals surface area (Å²) in [7, 11) is -3.38. The average molecular weight is 602 g/mol. The molecule has 1 aliphatic heterocycles. The van der Waals surface area contributed by atoms with Crippen LogP contribution in [0.25, 0.3) is 33.4 Å². The fourth-order valence-electron chi connectivity index (χ4n) is 5.20. The van der Waals surface area contributed by atoms with Crippen molar-refractivity contribution in [2.45, 2.75) is 18.7 Å². The third-order valence-corrected chi connectivity index (χ3v) is 9.29. The van der Waals surface area contributed by atoms with Gasteiger partial charge in [-0.15, -0.1) is 0 Å². The molecule has 220 valence electrons. The highest BCUT2D eigenvalue weighted by molar-refractivity contribution is 7.91.